The maximum Gasteiger partial charge on any atom is 0.328 e. The Bertz CT molecular complexity index is 653. The zero-order valence-corrected chi connectivity index (χ0v) is 11.2. The SMILES string of the molecule is Cc1c(C(=O)NC(CO)C(=O)O)cnn1-c1ccccn1. The summed E-state index contributed by atoms with van der Waals surface area (Å²) in [6.07, 6.45) is 2.93. The van der Waals surface area contributed by atoms with E-state index >= 15 is 0 Å². The van der Waals surface area contributed by atoms with Gasteiger partial charge in [0.15, 0.2) is 11.9 Å². The predicted octanol–water partition coefficient (Wildman–Crippen LogP) is -0.249. The summed E-state index contributed by atoms with van der Waals surface area (Å²) in [7, 11) is 0. The third-order valence-corrected chi connectivity index (χ3v) is 2.91. The maximum atomic E-state index is 12.0. The maximum absolute atomic E-state index is 12.0. The Morgan fingerprint density at radius 3 is 2.76 bits per heavy atom. The van der Waals surface area contributed by atoms with E-state index in [-0.39, 0.29) is 5.56 Å². The first-order chi connectivity index (χ1) is 10.0. The number of amides is 1. The topological polar surface area (TPSA) is 117 Å². The third kappa shape index (κ3) is 3.06. The van der Waals surface area contributed by atoms with Crippen molar-refractivity contribution < 1.29 is 19.8 Å². The molecule has 0 saturated heterocycles. The highest BCUT2D eigenvalue weighted by atomic mass is 16.4. The van der Waals surface area contributed by atoms with Gasteiger partial charge in [-0.1, -0.05) is 6.07 Å². The van der Waals surface area contributed by atoms with Crippen LogP contribution in [0, 0.1) is 6.92 Å². The minimum atomic E-state index is -1.35. The molecule has 110 valence electrons. The van der Waals surface area contributed by atoms with Crippen molar-refractivity contribution in [2.45, 2.75) is 13.0 Å². The summed E-state index contributed by atoms with van der Waals surface area (Å²) >= 11 is 0. The minimum Gasteiger partial charge on any atom is -0.480 e. The number of carbonyl (C=O) groups is 2. The quantitative estimate of drug-likeness (QED) is 0.699. The molecule has 0 aliphatic heterocycles. The van der Waals surface area contributed by atoms with Crippen LogP contribution < -0.4 is 5.32 Å². The summed E-state index contributed by atoms with van der Waals surface area (Å²) in [5, 5.41) is 24.0. The van der Waals surface area contributed by atoms with E-state index in [1.165, 1.54) is 10.9 Å². The molecule has 0 saturated carbocycles. The van der Waals surface area contributed by atoms with Crippen LogP contribution in [0.4, 0.5) is 0 Å². The van der Waals surface area contributed by atoms with Crippen LogP contribution in [0.5, 0.6) is 0 Å². The molecule has 2 rings (SSSR count). The second-order valence-electron chi connectivity index (χ2n) is 4.29. The van der Waals surface area contributed by atoms with E-state index < -0.39 is 24.5 Å². The molecular weight excluding hydrogens is 276 g/mol. The molecule has 2 aromatic rings. The lowest BCUT2D eigenvalue weighted by molar-refractivity contribution is -0.140. The zero-order chi connectivity index (χ0) is 15.4. The molecule has 21 heavy (non-hydrogen) atoms. The fraction of sp³-hybridized carbons (Fsp3) is 0.231. The van der Waals surface area contributed by atoms with Gasteiger partial charge >= 0.3 is 5.97 Å². The van der Waals surface area contributed by atoms with Crippen molar-refractivity contribution >= 4 is 11.9 Å². The second kappa shape index (κ2) is 6.14. The Balaban J connectivity index is 2.24. The highest BCUT2D eigenvalue weighted by Gasteiger charge is 2.22. The zero-order valence-electron chi connectivity index (χ0n) is 11.2. The van der Waals surface area contributed by atoms with Gasteiger partial charge in [-0.3, -0.25) is 4.79 Å². The molecule has 3 N–H and O–H groups in total. The molecule has 0 fully saturated rings. The molecule has 2 aromatic heterocycles. The van der Waals surface area contributed by atoms with Crippen molar-refractivity contribution in [1.29, 1.82) is 0 Å². The smallest absolute Gasteiger partial charge is 0.328 e. The van der Waals surface area contributed by atoms with Gasteiger partial charge in [0.25, 0.3) is 5.91 Å². The summed E-state index contributed by atoms with van der Waals surface area (Å²) in [5.41, 5.74) is 0.744. The summed E-state index contributed by atoms with van der Waals surface area (Å²) < 4.78 is 1.48. The Morgan fingerprint density at radius 2 is 2.19 bits per heavy atom. The van der Waals surface area contributed by atoms with E-state index in [1.54, 1.807) is 31.3 Å². The van der Waals surface area contributed by atoms with Crippen LogP contribution in [0.1, 0.15) is 16.1 Å². The molecule has 8 heteroatoms. The van der Waals surface area contributed by atoms with Crippen LogP contribution in [0.15, 0.2) is 30.6 Å². The van der Waals surface area contributed by atoms with Crippen LogP contribution in [-0.4, -0.2) is 49.5 Å². The molecule has 0 bridgehead atoms. The van der Waals surface area contributed by atoms with Gasteiger partial charge in [0, 0.05) is 6.20 Å². The van der Waals surface area contributed by atoms with E-state index in [2.05, 4.69) is 15.4 Å². The molecule has 1 unspecified atom stereocenters. The van der Waals surface area contributed by atoms with Crippen molar-refractivity contribution in [2.75, 3.05) is 6.61 Å². The van der Waals surface area contributed by atoms with Crippen LogP contribution in [-0.2, 0) is 4.79 Å². The standard InChI is InChI=1S/C13H14N4O4/c1-8-9(12(19)16-10(7-18)13(20)21)6-15-17(8)11-4-2-3-5-14-11/h2-6,10,18H,7H2,1H3,(H,16,19)(H,20,21). The Kier molecular flexibility index (Phi) is 4.29. The molecule has 0 aromatic carbocycles. The lowest BCUT2D eigenvalue weighted by Crippen LogP contribution is -2.43. The number of carbonyl (C=O) groups excluding carboxylic acids is 1. The van der Waals surface area contributed by atoms with Crippen molar-refractivity contribution in [2.24, 2.45) is 0 Å². The number of carboxylic acid groups (broad SMARTS) is 1. The monoisotopic (exact) mass is 290 g/mol. The Labute approximate surface area is 120 Å². The van der Waals surface area contributed by atoms with Crippen molar-refractivity contribution in [3.8, 4) is 5.82 Å². The fourth-order valence-corrected chi connectivity index (χ4v) is 1.76. The van der Waals surface area contributed by atoms with E-state index in [9.17, 15) is 9.59 Å². The van der Waals surface area contributed by atoms with Crippen LogP contribution in [0.3, 0.4) is 0 Å². The highest BCUT2D eigenvalue weighted by Crippen LogP contribution is 2.12. The first kappa shape index (κ1) is 14.7. The molecule has 0 aliphatic carbocycles. The van der Waals surface area contributed by atoms with Gasteiger partial charge < -0.3 is 15.5 Å². The molecular formula is C13H14N4O4. The number of carboxylic acids is 1. The first-order valence-corrected chi connectivity index (χ1v) is 6.15. The minimum absolute atomic E-state index is 0.223. The van der Waals surface area contributed by atoms with Gasteiger partial charge in [0.1, 0.15) is 0 Å². The lowest BCUT2D eigenvalue weighted by atomic mass is 10.2. The van der Waals surface area contributed by atoms with Crippen LogP contribution in [0.2, 0.25) is 0 Å². The number of rotatable bonds is 5. The number of pyridine rings is 1. The van der Waals surface area contributed by atoms with Crippen LogP contribution in [0.25, 0.3) is 5.82 Å². The highest BCUT2D eigenvalue weighted by molar-refractivity contribution is 5.97. The van der Waals surface area contributed by atoms with Gasteiger partial charge in [0.2, 0.25) is 0 Å². The number of nitrogens with one attached hydrogen (secondary N) is 1. The fourth-order valence-electron chi connectivity index (χ4n) is 1.76. The molecule has 0 aliphatic rings. The number of aliphatic carboxylic acids is 1. The van der Waals surface area contributed by atoms with Crippen molar-refractivity contribution in [3.63, 3.8) is 0 Å². The Morgan fingerprint density at radius 1 is 1.43 bits per heavy atom. The van der Waals surface area contributed by atoms with E-state index in [1.807, 2.05) is 0 Å². The van der Waals surface area contributed by atoms with E-state index in [4.69, 9.17) is 10.2 Å². The molecule has 0 radical (unpaired) electrons. The van der Waals surface area contributed by atoms with Crippen molar-refractivity contribution in [1.82, 2.24) is 20.1 Å². The summed E-state index contributed by atoms with van der Waals surface area (Å²) in [6.45, 7) is 0.986. The van der Waals surface area contributed by atoms with Crippen molar-refractivity contribution in [3.05, 3.63) is 41.9 Å². The average molecular weight is 290 g/mol. The molecule has 2 heterocycles. The van der Waals surface area contributed by atoms with Crippen LogP contribution >= 0.6 is 0 Å². The predicted molar refractivity (Wildman–Crippen MR) is 72.1 cm³/mol. The summed E-state index contributed by atoms with van der Waals surface area (Å²) in [4.78, 5) is 27.0. The summed E-state index contributed by atoms with van der Waals surface area (Å²) in [6, 6.07) is 3.93. The van der Waals surface area contributed by atoms with E-state index in [0.717, 1.165) is 0 Å². The van der Waals surface area contributed by atoms with Gasteiger partial charge in [-0.25, -0.2) is 14.5 Å². The third-order valence-electron chi connectivity index (χ3n) is 2.91. The first-order valence-electron chi connectivity index (χ1n) is 6.15. The Hall–Kier alpha value is -2.74. The van der Waals surface area contributed by atoms with Gasteiger partial charge in [-0.15, -0.1) is 0 Å². The number of nitrogens with zero attached hydrogens (tertiary/aromatic N) is 3. The molecule has 1 atom stereocenters. The van der Waals surface area contributed by atoms with Gasteiger partial charge in [0.05, 0.1) is 24.1 Å². The number of hydrogen-bond donors (Lipinski definition) is 3. The number of aromatic nitrogens is 3. The molecule has 0 spiro atoms. The largest absolute Gasteiger partial charge is 0.480 e. The van der Waals surface area contributed by atoms with Gasteiger partial charge in [-0.2, -0.15) is 5.10 Å². The summed E-state index contributed by atoms with van der Waals surface area (Å²) in [5.74, 6) is -1.37. The lowest BCUT2D eigenvalue weighted by Gasteiger charge is -2.11. The van der Waals surface area contributed by atoms with E-state index in [0.29, 0.717) is 11.5 Å². The van der Waals surface area contributed by atoms with Gasteiger partial charge in [-0.05, 0) is 19.1 Å². The second-order valence-corrected chi connectivity index (χ2v) is 4.29. The number of aliphatic hydroxyl groups excluding tert-OH is 1. The number of hydrogen-bond acceptors (Lipinski definition) is 5. The molecule has 8 nitrogen and oxygen atoms in total. The molecule has 1 amide bonds. The normalized spacial score (nSPS) is 11.9. The number of aliphatic hydroxyl groups is 1. The average Bonchev–Trinajstić information content (AvgIpc) is 2.87.